The van der Waals surface area contributed by atoms with Crippen molar-refractivity contribution in [2.75, 3.05) is 0 Å². The van der Waals surface area contributed by atoms with Crippen molar-refractivity contribution in [3.63, 3.8) is 0 Å². The summed E-state index contributed by atoms with van der Waals surface area (Å²) in [5.74, 6) is -0.123. The van der Waals surface area contributed by atoms with Gasteiger partial charge in [-0.05, 0) is 0 Å². The lowest BCUT2D eigenvalue weighted by molar-refractivity contribution is 0.538. The maximum absolute atomic E-state index is 8.39. The van der Waals surface area contributed by atoms with Gasteiger partial charge in [0.1, 0.15) is 23.8 Å². The highest BCUT2D eigenvalue weighted by atomic mass is 16.3. The first-order valence-electron chi connectivity index (χ1n) is 2.66. The van der Waals surface area contributed by atoms with Gasteiger partial charge in [-0.15, -0.1) is 0 Å². The first kappa shape index (κ1) is 6.86. The number of nitrogens with zero attached hydrogens (tertiary/aromatic N) is 3. The zero-order valence-electron chi connectivity index (χ0n) is 5.33. The standard InChI is InChI=1S/C7HN3O/c8-2-5-1-6(3-9)11-7(5)4-10/h1H. The van der Waals surface area contributed by atoms with E-state index in [2.05, 4.69) is 4.42 Å². The number of hydrogen-bond donors (Lipinski definition) is 0. The summed E-state index contributed by atoms with van der Waals surface area (Å²) in [6, 6.07) is 6.32. The summed E-state index contributed by atoms with van der Waals surface area (Å²) in [5, 5.41) is 25.0. The van der Waals surface area contributed by atoms with E-state index < -0.39 is 0 Å². The van der Waals surface area contributed by atoms with E-state index >= 15 is 0 Å². The van der Waals surface area contributed by atoms with Crippen molar-refractivity contribution in [1.29, 1.82) is 15.8 Å². The van der Waals surface area contributed by atoms with Crippen LogP contribution < -0.4 is 0 Å². The molecule has 1 rings (SSSR count). The normalized spacial score (nSPS) is 7.73. The lowest BCUT2D eigenvalue weighted by Crippen LogP contribution is -1.70. The van der Waals surface area contributed by atoms with Crippen LogP contribution in [0.3, 0.4) is 0 Å². The highest BCUT2D eigenvalue weighted by Crippen LogP contribution is 2.11. The summed E-state index contributed by atoms with van der Waals surface area (Å²) in [4.78, 5) is 0. The van der Waals surface area contributed by atoms with Crippen LogP contribution in [0, 0.1) is 34.0 Å². The SMILES string of the molecule is N#Cc1cc(C#N)c(C#N)o1. The first-order chi connectivity index (χ1) is 5.31. The van der Waals surface area contributed by atoms with Crippen molar-refractivity contribution in [2.45, 2.75) is 0 Å². The minimum absolute atomic E-state index is 0.0156. The van der Waals surface area contributed by atoms with E-state index in [-0.39, 0.29) is 17.1 Å². The Hall–Kier alpha value is -2.25. The molecule has 50 valence electrons. The highest BCUT2D eigenvalue weighted by Gasteiger charge is 2.08. The van der Waals surface area contributed by atoms with Gasteiger partial charge in [-0.25, -0.2) is 0 Å². The number of hydrogen-bond acceptors (Lipinski definition) is 4. The second-order valence-electron chi connectivity index (χ2n) is 1.69. The van der Waals surface area contributed by atoms with Crippen LogP contribution in [0.15, 0.2) is 10.5 Å². The molecule has 1 heterocycles. The van der Waals surface area contributed by atoms with E-state index in [0.717, 1.165) is 0 Å². The Kier molecular flexibility index (Phi) is 1.60. The Labute approximate surface area is 62.5 Å². The van der Waals surface area contributed by atoms with Gasteiger partial charge in [0, 0.05) is 6.07 Å². The van der Waals surface area contributed by atoms with Crippen molar-refractivity contribution >= 4 is 0 Å². The molecule has 1 aromatic rings. The molecule has 0 fully saturated rings. The van der Waals surface area contributed by atoms with E-state index in [1.807, 2.05) is 0 Å². The van der Waals surface area contributed by atoms with Crippen molar-refractivity contribution < 1.29 is 4.42 Å². The first-order valence-corrected chi connectivity index (χ1v) is 2.66. The fraction of sp³-hybridized carbons (Fsp3) is 0. The predicted molar refractivity (Wildman–Crippen MR) is 32.9 cm³/mol. The summed E-state index contributed by atoms with van der Waals surface area (Å²) in [6.45, 7) is 0. The van der Waals surface area contributed by atoms with Gasteiger partial charge < -0.3 is 4.42 Å². The lowest BCUT2D eigenvalue weighted by atomic mass is 10.3. The van der Waals surface area contributed by atoms with Crippen molar-refractivity contribution in [3.8, 4) is 18.2 Å². The Morgan fingerprint density at radius 3 is 2.18 bits per heavy atom. The van der Waals surface area contributed by atoms with Gasteiger partial charge in [0.15, 0.2) is 0 Å². The average molecular weight is 143 g/mol. The molecule has 0 saturated heterocycles. The molecule has 0 N–H and O–H groups in total. The van der Waals surface area contributed by atoms with Crippen LogP contribution in [0.2, 0.25) is 0 Å². The number of rotatable bonds is 0. The van der Waals surface area contributed by atoms with Crippen LogP contribution in [-0.2, 0) is 0 Å². The number of nitriles is 3. The van der Waals surface area contributed by atoms with Crippen LogP contribution in [0.1, 0.15) is 17.1 Å². The molecule has 0 aliphatic carbocycles. The van der Waals surface area contributed by atoms with Crippen LogP contribution in [0.5, 0.6) is 0 Å². The van der Waals surface area contributed by atoms with Crippen LogP contribution in [0.4, 0.5) is 0 Å². The zero-order valence-corrected chi connectivity index (χ0v) is 5.33. The van der Waals surface area contributed by atoms with Crippen LogP contribution in [0.25, 0.3) is 0 Å². The monoisotopic (exact) mass is 143 g/mol. The fourth-order valence-electron chi connectivity index (χ4n) is 0.612. The molecule has 0 radical (unpaired) electrons. The fourth-order valence-corrected chi connectivity index (χ4v) is 0.612. The summed E-state index contributed by atoms with van der Waals surface area (Å²) < 4.78 is 4.66. The quantitative estimate of drug-likeness (QED) is 0.539. The van der Waals surface area contributed by atoms with Crippen molar-refractivity contribution in [1.82, 2.24) is 0 Å². The van der Waals surface area contributed by atoms with Gasteiger partial charge >= 0.3 is 0 Å². The van der Waals surface area contributed by atoms with Crippen molar-refractivity contribution in [3.05, 3.63) is 23.2 Å². The molecule has 0 unspecified atom stereocenters. The van der Waals surface area contributed by atoms with E-state index in [1.165, 1.54) is 6.07 Å². The molecule has 4 nitrogen and oxygen atoms in total. The van der Waals surface area contributed by atoms with Crippen LogP contribution in [-0.4, -0.2) is 0 Å². The molecule has 4 heteroatoms. The Morgan fingerprint density at radius 1 is 1.09 bits per heavy atom. The average Bonchev–Trinajstić information content (AvgIpc) is 2.46. The second kappa shape index (κ2) is 2.56. The topological polar surface area (TPSA) is 84.5 Å². The van der Waals surface area contributed by atoms with Gasteiger partial charge in [-0.3, -0.25) is 0 Å². The minimum atomic E-state index is -0.107. The predicted octanol–water partition coefficient (Wildman–Crippen LogP) is 0.895. The maximum Gasteiger partial charge on any atom is 0.222 e. The van der Waals surface area contributed by atoms with E-state index in [1.54, 1.807) is 18.2 Å². The largest absolute Gasteiger partial charge is 0.434 e. The molecule has 0 amide bonds. The molecule has 11 heavy (non-hydrogen) atoms. The van der Waals surface area contributed by atoms with E-state index in [0.29, 0.717) is 0 Å². The van der Waals surface area contributed by atoms with Gasteiger partial charge in [0.05, 0.1) is 0 Å². The molecule has 0 aliphatic heterocycles. The maximum atomic E-state index is 8.39. The Bertz CT molecular complexity index is 365. The molecular formula is C7HN3O. The second-order valence-corrected chi connectivity index (χ2v) is 1.69. The lowest BCUT2D eigenvalue weighted by Gasteiger charge is -1.74. The molecule has 0 aliphatic rings. The molecular weight excluding hydrogens is 142 g/mol. The summed E-state index contributed by atoms with van der Waals surface area (Å²) in [5.41, 5.74) is 0.101. The minimum Gasteiger partial charge on any atom is -0.434 e. The van der Waals surface area contributed by atoms with Crippen molar-refractivity contribution in [2.24, 2.45) is 0 Å². The molecule has 0 bridgehead atoms. The zero-order chi connectivity index (χ0) is 8.27. The van der Waals surface area contributed by atoms with Gasteiger partial charge in [0.2, 0.25) is 11.5 Å². The van der Waals surface area contributed by atoms with E-state index in [4.69, 9.17) is 15.8 Å². The molecule has 0 atom stereocenters. The number of furan rings is 1. The third-order valence-electron chi connectivity index (χ3n) is 1.06. The highest BCUT2D eigenvalue weighted by molar-refractivity contribution is 5.42. The molecule has 1 aromatic heterocycles. The molecule has 0 saturated carbocycles. The van der Waals surface area contributed by atoms with Gasteiger partial charge in [-0.2, -0.15) is 15.8 Å². The van der Waals surface area contributed by atoms with Crippen LogP contribution >= 0.6 is 0 Å². The third kappa shape index (κ3) is 1.03. The summed E-state index contributed by atoms with van der Waals surface area (Å²) in [7, 11) is 0. The summed E-state index contributed by atoms with van der Waals surface area (Å²) in [6.07, 6.45) is 0. The molecule has 0 spiro atoms. The Balaban J connectivity index is 3.32. The Morgan fingerprint density at radius 2 is 1.82 bits per heavy atom. The smallest absolute Gasteiger partial charge is 0.222 e. The van der Waals surface area contributed by atoms with E-state index in [9.17, 15) is 0 Å². The van der Waals surface area contributed by atoms with Gasteiger partial charge in [-0.1, -0.05) is 0 Å². The third-order valence-corrected chi connectivity index (χ3v) is 1.06. The van der Waals surface area contributed by atoms with Gasteiger partial charge in [0.25, 0.3) is 0 Å². The molecule has 0 aromatic carbocycles. The summed E-state index contributed by atoms with van der Waals surface area (Å²) >= 11 is 0.